The fourth-order valence-electron chi connectivity index (χ4n) is 2.17. The number of nitrogens with one attached hydrogen (secondary N) is 1. The zero-order valence-corrected chi connectivity index (χ0v) is 11.3. The lowest BCUT2D eigenvalue weighted by Gasteiger charge is -2.23. The lowest BCUT2D eigenvalue weighted by molar-refractivity contribution is -0.121. The average Bonchev–Trinajstić information content (AvgIpc) is 3.17. The number of benzene rings is 1. The Hall–Kier alpha value is -2.21. The van der Waals surface area contributed by atoms with Crippen molar-refractivity contribution in [2.75, 3.05) is 5.32 Å². The zero-order valence-electron chi connectivity index (χ0n) is 11.3. The summed E-state index contributed by atoms with van der Waals surface area (Å²) < 4.78 is 1.66. The Labute approximate surface area is 117 Å². The molecule has 1 aromatic carbocycles. The summed E-state index contributed by atoms with van der Waals surface area (Å²) >= 11 is 0. The van der Waals surface area contributed by atoms with Gasteiger partial charge in [-0.05, 0) is 49.9 Å². The third kappa shape index (κ3) is 2.42. The molecule has 2 aromatic rings. The predicted molar refractivity (Wildman–Crippen MR) is 75.3 cm³/mol. The van der Waals surface area contributed by atoms with Crippen molar-refractivity contribution in [1.29, 1.82) is 0 Å². The van der Waals surface area contributed by atoms with E-state index in [4.69, 9.17) is 5.73 Å². The number of aromatic nitrogens is 3. The van der Waals surface area contributed by atoms with Gasteiger partial charge in [-0.15, -0.1) is 0 Å². The van der Waals surface area contributed by atoms with Gasteiger partial charge in [0.15, 0.2) is 0 Å². The fourth-order valence-corrected chi connectivity index (χ4v) is 2.17. The van der Waals surface area contributed by atoms with Crippen molar-refractivity contribution in [3.8, 4) is 5.69 Å². The van der Waals surface area contributed by atoms with Crippen LogP contribution in [0.4, 0.5) is 5.69 Å². The summed E-state index contributed by atoms with van der Waals surface area (Å²) in [6, 6.07) is 7.40. The first kappa shape index (κ1) is 12.8. The molecule has 0 radical (unpaired) electrons. The maximum atomic E-state index is 12.2. The van der Waals surface area contributed by atoms with E-state index < -0.39 is 5.54 Å². The molecule has 1 atom stereocenters. The van der Waals surface area contributed by atoms with E-state index in [1.807, 2.05) is 24.3 Å². The maximum absolute atomic E-state index is 12.2. The van der Waals surface area contributed by atoms with Gasteiger partial charge in [0.2, 0.25) is 5.91 Å². The molecule has 104 valence electrons. The van der Waals surface area contributed by atoms with Crippen molar-refractivity contribution >= 4 is 11.6 Å². The lowest BCUT2D eigenvalue weighted by Crippen LogP contribution is -2.50. The average molecular weight is 271 g/mol. The molecule has 1 fully saturated rings. The smallest absolute Gasteiger partial charge is 0.244 e. The van der Waals surface area contributed by atoms with Gasteiger partial charge >= 0.3 is 0 Å². The van der Waals surface area contributed by atoms with Gasteiger partial charge in [-0.1, -0.05) is 0 Å². The van der Waals surface area contributed by atoms with Crippen molar-refractivity contribution in [3.05, 3.63) is 36.9 Å². The number of amides is 1. The molecule has 3 N–H and O–H groups in total. The number of hydrogen-bond acceptors (Lipinski definition) is 4. The molecule has 20 heavy (non-hydrogen) atoms. The van der Waals surface area contributed by atoms with Crippen LogP contribution in [0.2, 0.25) is 0 Å². The molecule has 6 nitrogen and oxygen atoms in total. The van der Waals surface area contributed by atoms with Crippen LogP contribution in [-0.4, -0.2) is 26.2 Å². The molecule has 1 aliphatic carbocycles. The minimum absolute atomic E-state index is 0.131. The Bertz CT molecular complexity index is 599. The number of nitrogens with two attached hydrogens (primary N) is 1. The summed E-state index contributed by atoms with van der Waals surface area (Å²) in [6.07, 6.45) is 5.17. The Balaban J connectivity index is 1.71. The largest absolute Gasteiger partial charge is 0.324 e. The topological polar surface area (TPSA) is 85.8 Å². The van der Waals surface area contributed by atoms with Crippen LogP contribution in [-0.2, 0) is 4.79 Å². The van der Waals surface area contributed by atoms with Crippen molar-refractivity contribution in [2.24, 2.45) is 11.7 Å². The molecule has 6 heteroatoms. The quantitative estimate of drug-likeness (QED) is 0.878. The van der Waals surface area contributed by atoms with E-state index in [-0.39, 0.29) is 5.91 Å². The van der Waals surface area contributed by atoms with E-state index in [1.54, 1.807) is 17.9 Å². The van der Waals surface area contributed by atoms with Crippen LogP contribution in [0.1, 0.15) is 19.8 Å². The molecule has 1 saturated carbocycles. The second-order valence-electron chi connectivity index (χ2n) is 5.40. The highest BCUT2D eigenvalue weighted by molar-refractivity contribution is 5.98. The second-order valence-corrected chi connectivity index (χ2v) is 5.40. The molecule has 1 unspecified atom stereocenters. The first-order valence-corrected chi connectivity index (χ1v) is 6.63. The van der Waals surface area contributed by atoms with Gasteiger partial charge < -0.3 is 11.1 Å². The third-order valence-corrected chi connectivity index (χ3v) is 3.72. The molecule has 0 saturated heterocycles. The molecule has 0 spiro atoms. The maximum Gasteiger partial charge on any atom is 0.244 e. The van der Waals surface area contributed by atoms with Crippen LogP contribution in [0.25, 0.3) is 5.69 Å². The van der Waals surface area contributed by atoms with E-state index in [0.29, 0.717) is 5.92 Å². The monoisotopic (exact) mass is 271 g/mol. The van der Waals surface area contributed by atoms with Crippen LogP contribution in [0.15, 0.2) is 36.9 Å². The summed E-state index contributed by atoms with van der Waals surface area (Å²) in [6.45, 7) is 1.80. The van der Waals surface area contributed by atoms with Crippen LogP contribution < -0.4 is 11.1 Å². The van der Waals surface area contributed by atoms with E-state index >= 15 is 0 Å². The van der Waals surface area contributed by atoms with Crippen LogP contribution in [0.3, 0.4) is 0 Å². The molecule has 0 bridgehead atoms. The first-order valence-electron chi connectivity index (χ1n) is 6.63. The summed E-state index contributed by atoms with van der Waals surface area (Å²) in [7, 11) is 0. The van der Waals surface area contributed by atoms with Gasteiger partial charge in [-0.3, -0.25) is 4.79 Å². The van der Waals surface area contributed by atoms with E-state index in [0.717, 1.165) is 24.2 Å². The van der Waals surface area contributed by atoms with Gasteiger partial charge in [-0.2, -0.15) is 5.10 Å². The molecule has 1 amide bonds. The van der Waals surface area contributed by atoms with E-state index in [1.165, 1.54) is 6.33 Å². The van der Waals surface area contributed by atoms with Gasteiger partial charge in [0.1, 0.15) is 12.7 Å². The molecule has 1 heterocycles. The van der Waals surface area contributed by atoms with Gasteiger partial charge in [0.25, 0.3) is 0 Å². The Morgan fingerprint density at radius 3 is 2.65 bits per heavy atom. The SMILES string of the molecule is CC(N)(C(=O)Nc1ccc(-n2cncn2)cc1)C1CC1. The molecule has 1 aromatic heterocycles. The zero-order chi connectivity index (χ0) is 14.2. The Morgan fingerprint density at radius 2 is 2.10 bits per heavy atom. The number of rotatable bonds is 4. The van der Waals surface area contributed by atoms with Gasteiger partial charge in [-0.25, -0.2) is 9.67 Å². The molecular formula is C14H17N5O. The van der Waals surface area contributed by atoms with Crippen molar-refractivity contribution in [2.45, 2.75) is 25.3 Å². The van der Waals surface area contributed by atoms with Crippen LogP contribution in [0.5, 0.6) is 0 Å². The normalized spacial score (nSPS) is 17.5. The summed E-state index contributed by atoms with van der Waals surface area (Å²) in [5.74, 6) is 0.172. The van der Waals surface area contributed by atoms with Crippen molar-refractivity contribution < 1.29 is 4.79 Å². The molecule has 0 aliphatic heterocycles. The summed E-state index contributed by atoms with van der Waals surface area (Å²) in [4.78, 5) is 16.1. The van der Waals surface area contributed by atoms with E-state index in [9.17, 15) is 4.79 Å². The number of anilines is 1. The predicted octanol–water partition coefficient (Wildman–Crippen LogP) is 1.33. The third-order valence-electron chi connectivity index (χ3n) is 3.72. The molecule has 3 rings (SSSR count). The number of nitrogens with zero attached hydrogens (tertiary/aromatic N) is 3. The van der Waals surface area contributed by atoms with E-state index in [2.05, 4.69) is 15.4 Å². The number of carbonyl (C=O) groups is 1. The van der Waals surface area contributed by atoms with Gasteiger partial charge in [0, 0.05) is 5.69 Å². The highest BCUT2D eigenvalue weighted by atomic mass is 16.2. The van der Waals surface area contributed by atoms with Gasteiger partial charge in [0.05, 0.1) is 11.2 Å². The molecule has 1 aliphatic rings. The first-order chi connectivity index (χ1) is 9.57. The number of hydrogen-bond donors (Lipinski definition) is 2. The fraction of sp³-hybridized carbons (Fsp3) is 0.357. The van der Waals surface area contributed by atoms with Crippen LogP contribution >= 0.6 is 0 Å². The highest BCUT2D eigenvalue weighted by Crippen LogP contribution is 2.38. The summed E-state index contributed by atoms with van der Waals surface area (Å²) in [5.41, 5.74) is 6.92. The van der Waals surface area contributed by atoms with Crippen molar-refractivity contribution in [1.82, 2.24) is 14.8 Å². The second kappa shape index (κ2) is 4.72. The minimum atomic E-state index is -0.787. The Morgan fingerprint density at radius 1 is 1.40 bits per heavy atom. The lowest BCUT2D eigenvalue weighted by atomic mass is 9.96. The standard InChI is InChI=1S/C14H17N5O/c1-14(15,10-2-3-10)13(20)18-11-4-6-12(7-5-11)19-9-16-8-17-19/h4-10H,2-3,15H2,1H3,(H,18,20). The highest BCUT2D eigenvalue weighted by Gasteiger charge is 2.44. The number of carbonyl (C=O) groups excluding carboxylic acids is 1. The summed E-state index contributed by atoms with van der Waals surface area (Å²) in [5, 5.41) is 6.91. The minimum Gasteiger partial charge on any atom is -0.324 e. The molecular weight excluding hydrogens is 254 g/mol. The Kier molecular flexibility index (Phi) is 3.02. The van der Waals surface area contributed by atoms with Crippen molar-refractivity contribution in [3.63, 3.8) is 0 Å². The van der Waals surface area contributed by atoms with Crippen LogP contribution in [0, 0.1) is 5.92 Å².